The third kappa shape index (κ3) is 6.76. The number of phosphoric ester groups is 1. The summed E-state index contributed by atoms with van der Waals surface area (Å²) in [6, 6.07) is 22.3. The van der Waals surface area contributed by atoms with Crippen LogP contribution in [0.25, 0.3) is 21.9 Å². The number of aromatic nitrogens is 1. The fourth-order valence-electron chi connectivity index (χ4n) is 3.78. The van der Waals surface area contributed by atoms with Crippen LogP contribution < -0.4 is 14.2 Å². The summed E-state index contributed by atoms with van der Waals surface area (Å²) in [6.07, 6.45) is 1.79. The van der Waals surface area contributed by atoms with Crippen molar-refractivity contribution < 1.29 is 23.6 Å². The van der Waals surface area contributed by atoms with E-state index in [4.69, 9.17) is 14.5 Å². The average molecular weight is 536 g/mol. The molecule has 10 heteroatoms. The van der Waals surface area contributed by atoms with Crippen LogP contribution >= 0.6 is 19.2 Å². The van der Waals surface area contributed by atoms with E-state index >= 15 is 0 Å². The first-order chi connectivity index (χ1) is 17.8. The van der Waals surface area contributed by atoms with Gasteiger partial charge in [0.05, 0.1) is 15.8 Å². The van der Waals surface area contributed by atoms with Gasteiger partial charge in [0, 0.05) is 30.4 Å². The molecular weight excluding hydrogens is 509 g/mol. The summed E-state index contributed by atoms with van der Waals surface area (Å²) in [5.74, 6) is 0.674. The van der Waals surface area contributed by atoms with E-state index in [0.29, 0.717) is 16.3 Å². The maximum absolute atomic E-state index is 11.0. The van der Waals surface area contributed by atoms with Crippen molar-refractivity contribution >= 4 is 46.7 Å². The van der Waals surface area contributed by atoms with Gasteiger partial charge in [0.15, 0.2) is 0 Å². The Kier molecular flexibility index (Phi) is 8.27. The first-order valence-corrected chi connectivity index (χ1v) is 14.0. The predicted molar refractivity (Wildman–Crippen MR) is 147 cm³/mol. The van der Waals surface area contributed by atoms with Crippen molar-refractivity contribution in [2.24, 2.45) is 0 Å². The lowest BCUT2D eigenvalue weighted by molar-refractivity contribution is 0.283. The lowest BCUT2D eigenvalue weighted by atomic mass is 10.1. The van der Waals surface area contributed by atoms with Crippen molar-refractivity contribution in [1.82, 2.24) is 4.98 Å². The molecule has 1 heterocycles. The van der Waals surface area contributed by atoms with Crippen LogP contribution in [-0.2, 0) is 11.2 Å². The number of ether oxygens (including phenoxy) is 1. The molecule has 0 aliphatic heterocycles. The molecule has 0 bridgehead atoms. The Bertz CT molecular complexity index is 1470. The SMILES string of the molecule is CCN(CC)c1ccc(/C=C(\C#N)c2nc3ccccc3s2)c(OCc2ccc(OP(=O)(O)O)cc2)c1. The number of benzene rings is 3. The number of fused-ring (bicyclic) bond motifs is 1. The molecule has 1 aromatic heterocycles. The maximum atomic E-state index is 11.0. The molecule has 0 atom stereocenters. The Hall–Kier alpha value is -3.67. The van der Waals surface area contributed by atoms with Gasteiger partial charge in [0.25, 0.3) is 0 Å². The highest BCUT2D eigenvalue weighted by Gasteiger charge is 2.16. The van der Waals surface area contributed by atoms with Crippen LogP contribution in [0.3, 0.4) is 0 Å². The van der Waals surface area contributed by atoms with E-state index in [2.05, 4.69) is 34.3 Å². The number of phosphoric acid groups is 1. The van der Waals surface area contributed by atoms with Crippen molar-refractivity contribution in [2.45, 2.75) is 20.5 Å². The summed E-state index contributed by atoms with van der Waals surface area (Å²) in [5, 5.41) is 10.6. The number of thiazole rings is 1. The highest BCUT2D eigenvalue weighted by Crippen LogP contribution is 2.37. The second-order valence-electron chi connectivity index (χ2n) is 8.07. The Balaban J connectivity index is 1.65. The minimum Gasteiger partial charge on any atom is -0.488 e. The molecule has 8 nitrogen and oxygen atoms in total. The molecule has 0 spiro atoms. The Morgan fingerprint density at radius 2 is 1.84 bits per heavy atom. The van der Waals surface area contributed by atoms with Crippen molar-refractivity contribution in [1.29, 1.82) is 5.26 Å². The Labute approximate surface area is 219 Å². The molecule has 4 aromatic rings. The van der Waals surface area contributed by atoms with Gasteiger partial charge < -0.3 is 14.2 Å². The average Bonchev–Trinajstić information content (AvgIpc) is 3.31. The van der Waals surface area contributed by atoms with E-state index in [9.17, 15) is 9.83 Å². The van der Waals surface area contributed by atoms with Gasteiger partial charge in [0.2, 0.25) is 0 Å². The molecule has 0 saturated heterocycles. The van der Waals surface area contributed by atoms with Crippen molar-refractivity contribution in [2.75, 3.05) is 18.0 Å². The van der Waals surface area contributed by atoms with Crippen LogP contribution in [0.4, 0.5) is 5.69 Å². The number of para-hydroxylation sites is 1. The van der Waals surface area contributed by atoms with Crippen LogP contribution in [0.15, 0.2) is 66.7 Å². The summed E-state index contributed by atoms with van der Waals surface area (Å²) >= 11 is 1.47. The number of hydrogen-bond acceptors (Lipinski definition) is 7. The molecule has 3 aromatic carbocycles. The zero-order valence-electron chi connectivity index (χ0n) is 20.4. The van der Waals surface area contributed by atoms with Crippen molar-refractivity contribution in [3.8, 4) is 17.6 Å². The van der Waals surface area contributed by atoms with Gasteiger partial charge in [-0.3, -0.25) is 9.79 Å². The second kappa shape index (κ2) is 11.6. The molecule has 0 saturated carbocycles. The fourth-order valence-corrected chi connectivity index (χ4v) is 5.11. The molecular formula is C27H26N3O5PS. The summed E-state index contributed by atoms with van der Waals surface area (Å²) in [5.41, 5.74) is 3.82. The number of rotatable bonds is 10. The Morgan fingerprint density at radius 1 is 1.11 bits per heavy atom. The molecule has 37 heavy (non-hydrogen) atoms. The smallest absolute Gasteiger partial charge is 0.488 e. The van der Waals surface area contributed by atoms with Gasteiger partial charge in [-0.1, -0.05) is 24.3 Å². The third-order valence-electron chi connectivity index (χ3n) is 5.61. The van der Waals surface area contributed by atoms with Gasteiger partial charge in [-0.15, -0.1) is 11.3 Å². The number of nitriles is 1. The number of allylic oxidation sites excluding steroid dienone is 1. The predicted octanol–water partition coefficient (Wildman–Crippen LogP) is 6.26. The quantitative estimate of drug-likeness (QED) is 0.181. The summed E-state index contributed by atoms with van der Waals surface area (Å²) < 4.78 is 22.9. The van der Waals surface area contributed by atoms with Crippen molar-refractivity contribution in [3.05, 3.63) is 82.9 Å². The van der Waals surface area contributed by atoms with Gasteiger partial charge in [-0.2, -0.15) is 5.26 Å². The van der Waals surface area contributed by atoms with Crippen LogP contribution in [0.5, 0.6) is 11.5 Å². The van der Waals surface area contributed by atoms with Crippen LogP contribution in [0, 0.1) is 11.3 Å². The second-order valence-corrected chi connectivity index (χ2v) is 10.3. The number of anilines is 1. The van der Waals surface area contributed by atoms with E-state index < -0.39 is 7.82 Å². The van der Waals surface area contributed by atoms with E-state index in [-0.39, 0.29) is 12.4 Å². The lowest BCUT2D eigenvalue weighted by Crippen LogP contribution is -2.21. The molecule has 0 radical (unpaired) electrons. The lowest BCUT2D eigenvalue weighted by Gasteiger charge is -2.22. The van der Waals surface area contributed by atoms with Crippen molar-refractivity contribution in [3.63, 3.8) is 0 Å². The normalized spacial score (nSPS) is 11.8. The van der Waals surface area contributed by atoms with E-state index in [1.165, 1.54) is 23.5 Å². The van der Waals surface area contributed by atoms with Crippen LogP contribution in [0.2, 0.25) is 0 Å². The summed E-state index contributed by atoms with van der Waals surface area (Å²) in [6.45, 7) is 6.05. The minimum absolute atomic E-state index is 0.0683. The topological polar surface area (TPSA) is 116 Å². The standard InChI is InChI=1S/C27H26N3O5PS/c1-3-30(4-2)22-12-11-20(15-21(17-28)27-29-24-7-5-6-8-26(24)37-27)25(16-22)34-18-19-9-13-23(14-10-19)35-36(31,32)33/h5-16H,3-4,18H2,1-2H3,(H2,31,32,33)/b21-15+. The minimum atomic E-state index is -4.62. The first-order valence-electron chi connectivity index (χ1n) is 11.6. The summed E-state index contributed by atoms with van der Waals surface area (Å²) in [4.78, 5) is 24.8. The largest absolute Gasteiger partial charge is 0.524 e. The highest BCUT2D eigenvalue weighted by molar-refractivity contribution is 7.46. The monoisotopic (exact) mass is 535 g/mol. The van der Waals surface area contributed by atoms with Gasteiger partial charge in [0.1, 0.15) is 29.2 Å². The fraction of sp³-hybridized carbons (Fsp3) is 0.185. The summed E-state index contributed by atoms with van der Waals surface area (Å²) in [7, 11) is -4.62. The first kappa shape index (κ1) is 26.4. The molecule has 2 N–H and O–H groups in total. The van der Waals surface area contributed by atoms with Gasteiger partial charge in [-0.05, 0) is 61.9 Å². The van der Waals surface area contributed by atoms with E-state index in [1.807, 2.05) is 42.5 Å². The molecule has 0 amide bonds. The molecule has 4 rings (SSSR count). The number of nitrogens with zero attached hydrogens (tertiary/aromatic N) is 3. The van der Waals surface area contributed by atoms with E-state index in [1.54, 1.807) is 18.2 Å². The maximum Gasteiger partial charge on any atom is 0.524 e. The third-order valence-corrected chi connectivity index (χ3v) is 7.13. The van der Waals surface area contributed by atoms with Gasteiger partial charge >= 0.3 is 7.82 Å². The number of hydrogen-bond donors (Lipinski definition) is 2. The zero-order valence-corrected chi connectivity index (χ0v) is 22.1. The highest BCUT2D eigenvalue weighted by atomic mass is 32.1. The molecule has 0 fully saturated rings. The molecule has 0 aliphatic rings. The molecule has 0 unspecified atom stereocenters. The van der Waals surface area contributed by atoms with Crippen LogP contribution in [0.1, 0.15) is 30.0 Å². The van der Waals surface area contributed by atoms with E-state index in [0.717, 1.165) is 40.1 Å². The van der Waals surface area contributed by atoms with Gasteiger partial charge in [-0.25, -0.2) is 9.55 Å². The molecule has 0 aliphatic carbocycles. The Morgan fingerprint density at radius 3 is 2.49 bits per heavy atom. The van der Waals surface area contributed by atoms with Crippen LogP contribution in [-0.4, -0.2) is 27.9 Å². The molecule has 190 valence electrons. The zero-order chi connectivity index (χ0) is 26.4.